The smallest absolute Gasteiger partial charge is 0.422 e. The number of nitrogens with zero attached hydrogens (tertiary/aromatic N) is 4. The summed E-state index contributed by atoms with van der Waals surface area (Å²) in [4.78, 5) is 14.0. The second-order valence-corrected chi connectivity index (χ2v) is 6.89. The highest BCUT2D eigenvalue weighted by Crippen LogP contribution is 2.25. The van der Waals surface area contributed by atoms with Gasteiger partial charge in [0.25, 0.3) is 5.91 Å². The van der Waals surface area contributed by atoms with Gasteiger partial charge in [0, 0.05) is 5.69 Å². The Bertz CT molecular complexity index is 1180. The summed E-state index contributed by atoms with van der Waals surface area (Å²) in [7, 11) is 0. The number of aromatic nitrogens is 3. The summed E-state index contributed by atoms with van der Waals surface area (Å²) < 4.78 is 41.7. The fourth-order valence-corrected chi connectivity index (χ4v) is 2.90. The first kappa shape index (κ1) is 21.8. The topological polar surface area (TPSA) is 92.8 Å². The van der Waals surface area contributed by atoms with Gasteiger partial charge >= 0.3 is 6.18 Å². The van der Waals surface area contributed by atoms with E-state index in [2.05, 4.69) is 20.3 Å². The van der Waals surface area contributed by atoms with Crippen molar-refractivity contribution in [1.29, 1.82) is 5.26 Å². The number of rotatable bonds is 5. The molecule has 31 heavy (non-hydrogen) atoms. The minimum atomic E-state index is -4.53. The summed E-state index contributed by atoms with van der Waals surface area (Å²) in [6.45, 7) is 3.99. The van der Waals surface area contributed by atoms with Crippen LogP contribution in [0.5, 0.6) is 5.75 Å². The highest BCUT2D eigenvalue weighted by Gasteiger charge is 2.29. The third-order valence-electron chi connectivity index (χ3n) is 4.31. The summed E-state index contributed by atoms with van der Waals surface area (Å²) in [5, 5.41) is 20.3. The van der Waals surface area contributed by atoms with E-state index in [0.29, 0.717) is 5.69 Å². The zero-order valence-electron chi connectivity index (χ0n) is 16.9. The van der Waals surface area contributed by atoms with Crippen molar-refractivity contribution in [1.82, 2.24) is 15.0 Å². The molecule has 0 unspecified atom stereocenters. The van der Waals surface area contributed by atoms with E-state index in [1.807, 2.05) is 32.0 Å². The molecule has 1 aromatic heterocycles. The maximum absolute atomic E-state index is 12.7. The molecular weight excluding hydrogens is 411 g/mol. The van der Waals surface area contributed by atoms with Crippen molar-refractivity contribution in [3.8, 4) is 17.5 Å². The fraction of sp³-hybridized carbons (Fsp3) is 0.238. The van der Waals surface area contributed by atoms with Crippen LogP contribution in [0.25, 0.3) is 5.69 Å². The van der Waals surface area contributed by atoms with E-state index in [1.54, 1.807) is 13.0 Å². The number of carbonyl (C=O) groups is 1. The molecule has 1 heterocycles. The molecule has 10 heteroatoms. The van der Waals surface area contributed by atoms with E-state index in [4.69, 9.17) is 0 Å². The Kier molecular flexibility index (Phi) is 5.97. The Balaban J connectivity index is 1.80. The van der Waals surface area contributed by atoms with Crippen LogP contribution < -0.4 is 10.1 Å². The average Bonchev–Trinajstić information content (AvgIpc) is 3.07. The first-order valence-corrected chi connectivity index (χ1v) is 9.14. The van der Waals surface area contributed by atoms with Crippen molar-refractivity contribution in [3.05, 3.63) is 64.5 Å². The zero-order valence-corrected chi connectivity index (χ0v) is 16.9. The van der Waals surface area contributed by atoms with Crippen LogP contribution in [0.15, 0.2) is 36.4 Å². The molecule has 0 aliphatic carbocycles. The van der Waals surface area contributed by atoms with Gasteiger partial charge in [0.1, 0.15) is 11.8 Å². The quantitative estimate of drug-likeness (QED) is 0.654. The molecule has 1 N–H and O–H groups in total. The molecule has 3 aromatic rings. The van der Waals surface area contributed by atoms with Crippen LogP contribution in [0.3, 0.4) is 0 Å². The number of hydrogen-bond acceptors (Lipinski definition) is 5. The molecule has 2 aromatic carbocycles. The summed E-state index contributed by atoms with van der Waals surface area (Å²) in [6.07, 6.45) is -4.53. The number of ether oxygens (including phenoxy) is 1. The average molecular weight is 429 g/mol. The first-order chi connectivity index (χ1) is 14.6. The molecule has 160 valence electrons. The van der Waals surface area contributed by atoms with Gasteiger partial charge in [-0.2, -0.15) is 28.3 Å². The molecule has 1 amide bonds. The largest absolute Gasteiger partial charge is 0.483 e. The van der Waals surface area contributed by atoms with Crippen molar-refractivity contribution < 1.29 is 22.7 Å². The number of benzene rings is 2. The lowest BCUT2D eigenvalue weighted by Crippen LogP contribution is -2.19. The van der Waals surface area contributed by atoms with Gasteiger partial charge in [-0.05, 0) is 50.6 Å². The van der Waals surface area contributed by atoms with Crippen molar-refractivity contribution >= 4 is 11.6 Å². The lowest BCUT2D eigenvalue weighted by molar-refractivity contribution is -0.153. The molecule has 0 fully saturated rings. The number of nitrogens with one attached hydrogen (secondary N) is 1. The zero-order chi connectivity index (χ0) is 22.8. The molecular formula is C21H18F3N5O2. The minimum Gasteiger partial charge on any atom is -0.483 e. The maximum Gasteiger partial charge on any atom is 0.422 e. The van der Waals surface area contributed by atoms with Crippen LogP contribution in [0.4, 0.5) is 18.9 Å². The number of alkyl halides is 3. The Morgan fingerprint density at radius 3 is 2.55 bits per heavy atom. The van der Waals surface area contributed by atoms with Gasteiger partial charge in [-0.3, -0.25) is 4.79 Å². The van der Waals surface area contributed by atoms with Crippen LogP contribution in [-0.4, -0.2) is 33.7 Å². The Labute approximate surface area is 176 Å². The molecule has 0 saturated carbocycles. The number of amides is 1. The lowest BCUT2D eigenvalue weighted by atomic mass is 10.1. The van der Waals surface area contributed by atoms with E-state index in [9.17, 15) is 23.2 Å². The monoisotopic (exact) mass is 429 g/mol. The molecule has 0 radical (unpaired) electrons. The molecule has 0 atom stereocenters. The van der Waals surface area contributed by atoms with E-state index in [-0.39, 0.29) is 22.7 Å². The number of aryl methyl sites for hydroxylation is 3. The van der Waals surface area contributed by atoms with E-state index >= 15 is 0 Å². The second-order valence-electron chi connectivity index (χ2n) is 6.89. The molecule has 0 aliphatic rings. The van der Waals surface area contributed by atoms with Crippen molar-refractivity contribution in [2.45, 2.75) is 26.9 Å². The van der Waals surface area contributed by atoms with Crippen molar-refractivity contribution in [2.75, 3.05) is 11.9 Å². The Morgan fingerprint density at radius 1 is 1.16 bits per heavy atom. The fourth-order valence-electron chi connectivity index (χ4n) is 2.90. The van der Waals surface area contributed by atoms with Crippen LogP contribution >= 0.6 is 0 Å². The van der Waals surface area contributed by atoms with Crippen LogP contribution in [0.2, 0.25) is 0 Å². The summed E-state index contributed by atoms with van der Waals surface area (Å²) in [5.74, 6) is -0.795. The normalized spacial score (nSPS) is 11.1. The van der Waals surface area contributed by atoms with Crippen molar-refractivity contribution in [3.63, 3.8) is 0 Å². The van der Waals surface area contributed by atoms with Gasteiger partial charge in [0.2, 0.25) is 0 Å². The number of carbonyl (C=O) groups excluding carboxylic acids is 1. The third-order valence-corrected chi connectivity index (χ3v) is 4.31. The van der Waals surface area contributed by atoms with Gasteiger partial charge in [-0.25, -0.2) is 0 Å². The van der Waals surface area contributed by atoms with E-state index < -0.39 is 18.7 Å². The van der Waals surface area contributed by atoms with Crippen LogP contribution in [0, 0.1) is 32.1 Å². The molecule has 0 aliphatic heterocycles. The molecule has 7 nitrogen and oxygen atoms in total. The standard InChI is InChI=1S/C21H18F3N5O2/c1-12-4-6-17(13(2)8-12)29-27-14(3)19(28-29)20(30)26-16-5-7-18(15(9-16)10-25)31-11-21(22,23)24/h4-9H,11H2,1-3H3,(H,26,30). The Hall–Kier alpha value is -3.87. The first-order valence-electron chi connectivity index (χ1n) is 9.14. The summed E-state index contributed by atoms with van der Waals surface area (Å²) in [5.41, 5.74) is 3.29. The number of halogens is 3. The third kappa shape index (κ3) is 5.19. The van der Waals surface area contributed by atoms with Gasteiger partial charge in [0.15, 0.2) is 12.3 Å². The number of hydrogen-bond donors (Lipinski definition) is 1. The van der Waals surface area contributed by atoms with Gasteiger partial charge in [-0.1, -0.05) is 17.7 Å². The maximum atomic E-state index is 12.7. The highest BCUT2D eigenvalue weighted by molar-refractivity contribution is 6.03. The SMILES string of the molecule is Cc1ccc(-n2nc(C)c(C(=O)Nc3ccc(OCC(F)(F)F)c(C#N)c3)n2)c(C)c1. The lowest BCUT2D eigenvalue weighted by Gasteiger charge is -2.11. The molecule has 0 spiro atoms. The predicted molar refractivity (Wildman–Crippen MR) is 106 cm³/mol. The van der Waals surface area contributed by atoms with Crippen LogP contribution in [-0.2, 0) is 0 Å². The van der Waals surface area contributed by atoms with Gasteiger partial charge in [0.05, 0.1) is 16.9 Å². The van der Waals surface area contributed by atoms with Gasteiger partial charge < -0.3 is 10.1 Å². The van der Waals surface area contributed by atoms with E-state index in [1.165, 1.54) is 23.0 Å². The predicted octanol–water partition coefficient (Wildman–Crippen LogP) is 4.26. The molecule has 0 bridgehead atoms. The highest BCUT2D eigenvalue weighted by atomic mass is 19.4. The van der Waals surface area contributed by atoms with E-state index in [0.717, 1.165) is 16.8 Å². The van der Waals surface area contributed by atoms with Crippen LogP contribution in [0.1, 0.15) is 32.9 Å². The number of anilines is 1. The number of nitriles is 1. The van der Waals surface area contributed by atoms with Gasteiger partial charge in [-0.15, -0.1) is 5.10 Å². The Morgan fingerprint density at radius 2 is 1.90 bits per heavy atom. The molecule has 3 rings (SSSR count). The summed E-state index contributed by atoms with van der Waals surface area (Å²) in [6, 6.07) is 11.3. The second kappa shape index (κ2) is 8.47. The summed E-state index contributed by atoms with van der Waals surface area (Å²) >= 11 is 0. The van der Waals surface area contributed by atoms with Crippen molar-refractivity contribution in [2.24, 2.45) is 0 Å². The molecule has 0 saturated heterocycles. The minimum absolute atomic E-state index is 0.0795.